The van der Waals surface area contributed by atoms with E-state index in [1.807, 2.05) is 17.6 Å². The fraction of sp³-hybridized carbons (Fsp3) is 0.484. The van der Waals surface area contributed by atoms with Crippen molar-refractivity contribution in [3.8, 4) is 0 Å². The topological polar surface area (TPSA) is 91.7 Å². The monoisotopic (exact) mass is 566 g/mol. The third kappa shape index (κ3) is 6.41. The highest BCUT2D eigenvalue weighted by molar-refractivity contribution is 7.89. The molecule has 0 aliphatic heterocycles. The number of benzene rings is 2. The first-order valence-corrected chi connectivity index (χ1v) is 15.9. The fourth-order valence-electron chi connectivity index (χ4n) is 5.63. The second-order valence-electron chi connectivity index (χ2n) is 10.7. The molecule has 0 atom stereocenters. The molecule has 40 heavy (non-hydrogen) atoms. The van der Waals surface area contributed by atoms with E-state index in [0.29, 0.717) is 18.6 Å². The first-order chi connectivity index (χ1) is 19.2. The van der Waals surface area contributed by atoms with Crippen LogP contribution in [0.2, 0.25) is 0 Å². The van der Waals surface area contributed by atoms with E-state index < -0.39 is 21.4 Å². The van der Waals surface area contributed by atoms with E-state index >= 15 is 0 Å². The van der Waals surface area contributed by atoms with Gasteiger partial charge in [-0.3, -0.25) is 9.59 Å². The normalized spacial score (nSPS) is 14.5. The van der Waals surface area contributed by atoms with Crippen molar-refractivity contribution in [2.45, 2.75) is 76.8 Å². The van der Waals surface area contributed by atoms with E-state index in [2.05, 4.69) is 42.3 Å². The van der Waals surface area contributed by atoms with Gasteiger partial charge in [0, 0.05) is 56.5 Å². The molecule has 0 saturated heterocycles. The third-order valence-electron chi connectivity index (χ3n) is 8.04. The van der Waals surface area contributed by atoms with E-state index in [1.54, 1.807) is 25.4 Å². The average Bonchev–Trinajstić information content (AvgIpc) is 2.97. The Bertz CT molecular complexity index is 1510. The molecule has 8 nitrogen and oxygen atoms in total. The van der Waals surface area contributed by atoms with E-state index in [1.165, 1.54) is 15.9 Å². The molecule has 9 heteroatoms. The van der Waals surface area contributed by atoms with E-state index in [0.717, 1.165) is 57.3 Å². The molecule has 1 aliphatic carbocycles. The minimum Gasteiger partial charge on any atom is -0.372 e. The lowest BCUT2D eigenvalue weighted by molar-refractivity contribution is 0.0951. The molecule has 0 radical (unpaired) electrons. The number of pyridine rings is 1. The molecule has 4 rings (SSSR count). The van der Waals surface area contributed by atoms with Crippen molar-refractivity contribution < 1.29 is 13.2 Å². The minimum atomic E-state index is -3.77. The summed E-state index contributed by atoms with van der Waals surface area (Å²) in [5.74, 6) is -0.444. The van der Waals surface area contributed by atoms with Crippen molar-refractivity contribution in [2.75, 3.05) is 31.6 Å². The van der Waals surface area contributed by atoms with Gasteiger partial charge in [0.2, 0.25) is 15.5 Å². The van der Waals surface area contributed by atoms with Gasteiger partial charge in [-0.25, -0.2) is 8.42 Å². The summed E-state index contributed by atoms with van der Waals surface area (Å²) in [7, 11) is -2.15. The van der Waals surface area contributed by atoms with Gasteiger partial charge in [-0.2, -0.15) is 4.31 Å². The Morgan fingerprint density at radius 1 is 1.07 bits per heavy atom. The molecule has 1 heterocycles. The maximum Gasteiger partial charge on any atom is 0.256 e. The smallest absolute Gasteiger partial charge is 0.256 e. The number of nitrogens with one attached hydrogen (secondary N) is 1. The number of aromatic nitrogens is 1. The van der Waals surface area contributed by atoms with Gasteiger partial charge in [-0.05, 0) is 75.9 Å². The summed E-state index contributed by atoms with van der Waals surface area (Å²) in [5.41, 5.74) is 2.53. The Balaban J connectivity index is 1.53. The zero-order chi connectivity index (χ0) is 28.9. The molecule has 2 aromatic carbocycles. The van der Waals surface area contributed by atoms with Crippen LogP contribution in [-0.2, 0) is 16.6 Å². The van der Waals surface area contributed by atoms with Gasteiger partial charge < -0.3 is 14.8 Å². The second kappa shape index (κ2) is 13.0. The second-order valence-corrected chi connectivity index (χ2v) is 12.7. The predicted molar refractivity (Wildman–Crippen MR) is 162 cm³/mol. The average molecular weight is 567 g/mol. The summed E-state index contributed by atoms with van der Waals surface area (Å²) in [4.78, 5) is 29.0. The van der Waals surface area contributed by atoms with Crippen LogP contribution < -0.4 is 15.6 Å². The highest BCUT2D eigenvalue weighted by Gasteiger charge is 2.29. The molecular weight excluding hydrogens is 524 g/mol. The Kier molecular flexibility index (Phi) is 9.68. The maximum absolute atomic E-state index is 13.5. The molecule has 0 unspecified atom stereocenters. The van der Waals surface area contributed by atoms with E-state index in [9.17, 15) is 18.0 Å². The van der Waals surface area contributed by atoms with Crippen molar-refractivity contribution in [1.29, 1.82) is 0 Å². The molecule has 216 valence electrons. The van der Waals surface area contributed by atoms with Crippen LogP contribution in [-0.4, -0.2) is 55.9 Å². The lowest BCUT2D eigenvalue weighted by Crippen LogP contribution is -2.38. The summed E-state index contributed by atoms with van der Waals surface area (Å²) in [6.07, 6.45) is 7.15. The molecule has 1 amide bonds. The maximum atomic E-state index is 13.5. The number of rotatable bonds is 11. The van der Waals surface area contributed by atoms with Crippen molar-refractivity contribution in [2.24, 2.45) is 0 Å². The van der Waals surface area contributed by atoms with Crippen molar-refractivity contribution in [1.82, 2.24) is 14.2 Å². The summed E-state index contributed by atoms with van der Waals surface area (Å²) in [5, 5.41) is 3.14. The number of amides is 1. The zero-order valence-electron chi connectivity index (χ0n) is 24.2. The van der Waals surface area contributed by atoms with Crippen LogP contribution in [0.15, 0.2) is 58.4 Å². The third-order valence-corrected chi connectivity index (χ3v) is 9.95. The number of sulfonamides is 1. The molecule has 1 aromatic heterocycles. The molecule has 1 fully saturated rings. The number of fused-ring (bicyclic) bond motifs is 1. The van der Waals surface area contributed by atoms with Gasteiger partial charge in [0.15, 0.2) is 0 Å². The number of carbonyl (C=O) groups is 1. The summed E-state index contributed by atoms with van der Waals surface area (Å²) < 4.78 is 30.2. The lowest BCUT2D eigenvalue weighted by atomic mass is 9.96. The molecule has 1 N–H and O–H groups in total. The zero-order valence-corrected chi connectivity index (χ0v) is 25.0. The number of anilines is 1. The van der Waals surface area contributed by atoms with Gasteiger partial charge >= 0.3 is 0 Å². The lowest BCUT2D eigenvalue weighted by Gasteiger charge is -2.30. The van der Waals surface area contributed by atoms with Gasteiger partial charge in [0.1, 0.15) is 5.56 Å². The molecule has 0 bridgehead atoms. The first-order valence-electron chi connectivity index (χ1n) is 14.4. The van der Waals surface area contributed by atoms with Gasteiger partial charge in [-0.15, -0.1) is 0 Å². The highest BCUT2D eigenvalue weighted by Crippen LogP contribution is 2.27. The van der Waals surface area contributed by atoms with Gasteiger partial charge in [-0.1, -0.05) is 31.4 Å². The van der Waals surface area contributed by atoms with Crippen LogP contribution in [0.5, 0.6) is 0 Å². The Morgan fingerprint density at radius 2 is 1.82 bits per heavy atom. The van der Waals surface area contributed by atoms with Crippen molar-refractivity contribution in [3.05, 3.63) is 70.0 Å². The summed E-state index contributed by atoms with van der Waals surface area (Å²) in [6.45, 7) is 8.68. The summed E-state index contributed by atoms with van der Waals surface area (Å²) in [6, 6.07) is 13.0. The minimum absolute atomic E-state index is 0.0237. The first kappa shape index (κ1) is 29.8. The van der Waals surface area contributed by atoms with Crippen LogP contribution >= 0.6 is 0 Å². The van der Waals surface area contributed by atoms with Crippen LogP contribution in [0.25, 0.3) is 10.9 Å². The van der Waals surface area contributed by atoms with Crippen LogP contribution in [0.1, 0.15) is 68.3 Å². The number of carbonyl (C=O) groups excluding carboxylic acids is 1. The fourth-order valence-corrected chi connectivity index (χ4v) is 7.07. The quantitative estimate of drug-likeness (QED) is 0.333. The SMILES string of the molecule is CCN(CCCNC(=O)c1cn(CC)c2ccc(S(=O)(=O)N(C)C3CCCCC3)cc2c1=O)c1cccc(C)c1. The molecule has 1 saturated carbocycles. The van der Waals surface area contributed by atoms with Crippen LogP contribution in [0.3, 0.4) is 0 Å². The van der Waals surface area contributed by atoms with Crippen molar-refractivity contribution in [3.63, 3.8) is 0 Å². The van der Waals surface area contributed by atoms with Crippen LogP contribution in [0, 0.1) is 6.92 Å². The molecule has 3 aromatic rings. The summed E-state index contributed by atoms with van der Waals surface area (Å²) >= 11 is 0. The van der Waals surface area contributed by atoms with Gasteiger partial charge in [0.25, 0.3) is 5.91 Å². The predicted octanol–water partition coefficient (Wildman–Crippen LogP) is 4.93. The van der Waals surface area contributed by atoms with E-state index in [-0.39, 0.29) is 21.9 Å². The van der Waals surface area contributed by atoms with Crippen LogP contribution in [0.4, 0.5) is 5.69 Å². The molecule has 1 aliphatic rings. The highest BCUT2D eigenvalue weighted by atomic mass is 32.2. The Hall–Kier alpha value is -3.17. The standard InChI is InChI=1S/C31H42N4O4S/c1-5-34(25-15-10-12-23(3)20-25)19-11-18-32-31(37)28-22-35(6-2)29-17-16-26(21-27(29)30(28)36)40(38,39)33(4)24-13-8-7-9-14-24/h10,12,15-17,20-22,24H,5-9,11,13-14,18-19H2,1-4H3,(H,32,37). The molecule has 0 spiro atoms. The largest absolute Gasteiger partial charge is 0.372 e. The number of nitrogens with zero attached hydrogens (tertiary/aromatic N) is 3. The Morgan fingerprint density at radius 3 is 2.50 bits per heavy atom. The number of hydrogen-bond acceptors (Lipinski definition) is 5. The molecular formula is C31H42N4O4S. The number of aryl methyl sites for hydroxylation is 2. The number of hydrogen-bond donors (Lipinski definition) is 1. The Labute approximate surface area is 238 Å². The van der Waals surface area contributed by atoms with E-state index in [4.69, 9.17) is 0 Å². The van der Waals surface area contributed by atoms with Gasteiger partial charge in [0.05, 0.1) is 10.4 Å². The van der Waals surface area contributed by atoms with Crippen molar-refractivity contribution >= 4 is 32.5 Å².